The molecule has 254 valence electrons. The number of urea groups is 1. The Balaban J connectivity index is 1.40. The summed E-state index contributed by atoms with van der Waals surface area (Å²) in [4.78, 5) is 73.3. The van der Waals surface area contributed by atoms with Crippen LogP contribution in [-0.2, 0) is 24.0 Å². The van der Waals surface area contributed by atoms with Gasteiger partial charge in [-0.05, 0) is 12.1 Å². The maximum atomic E-state index is 13.2. The lowest BCUT2D eigenvalue weighted by Crippen LogP contribution is -2.49. The number of benzene rings is 1. The molecule has 4 amide bonds. The van der Waals surface area contributed by atoms with Crippen LogP contribution in [0.4, 0.5) is 9.93 Å². The van der Waals surface area contributed by atoms with Gasteiger partial charge >= 0.3 is 18.0 Å². The van der Waals surface area contributed by atoms with E-state index in [0.717, 1.165) is 33.4 Å². The number of thiazole rings is 1. The fourth-order valence-corrected chi connectivity index (χ4v) is 6.09. The number of carboxylic acids is 2. The SMILES string of the molecule is Nc1nc(/C(=N/OC2(C(=O)O)CCOCC2)C(=O)NC[C@H](N)SC(C(=O)O)N2CCN(NC(=O)c3ccc(O)c(O)c3Cl)C2=O)cs1. The molecule has 2 aromatic rings. The summed E-state index contributed by atoms with van der Waals surface area (Å²) < 4.78 is 5.20. The number of carboxylic acid groups (broad SMARTS) is 2. The number of aromatic nitrogens is 1. The number of aliphatic carboxylic acids is 2. The number of nitrogens with one attached hydrogen (secondary N) is 2. The molecule has 2 aliphatic rings. The zero-order chi connectivity index (χ0) is 34.5. The molecule has 0 saturated carbocycles. The highest BCUT2D eigenvalue weighted by Gasteiger charge is 2.44. The molecule has 0 spiro atoms. The van der Waals surface area contributed by atoms with Gasteiger partial charge in [-0.2, -0.15) is 0 Å². The number of nitrogen functional groups attached to an aromatic ring is 1. The number of aromatic hydroxyl groups is 2. The van der Waals surface area contributed by atoms with Crippen molar-refractivity contribution in [2.24, 2.45) is 10.9 Å². The topological polar surface area (TPSA) is 293 Å². The van der Waals surface area contributed by atoms with Gasteiger partial charge in [-0.15, -0.1) is 23.1 Å². The summed E-state index contributed by atoms with van der Waals surface area (Å²) in [5, 5.41) is 44.5. The quantitative estimate of drug-likeness (QED) is 0.0575. The van der Waals surface area contributed by atoms with Crippen LogP contribution in [-0.4, -0.2) is 120 Å². The van der Waals surface area contributed by atoms with Crippen molar-refractivity contribution in [3.63, 3.8) is 0 Å². The Kier molecular flexibility index (Phi) is 11.2. The number of hydrogen-bond acceptors (Lipinski definition) is 15. The number of hydrazine groups is 1. The maximum Gasteiger partial charge on any atom is 0.351 e. The number of carbonyl (C=O) groups excluding carboxylic acids is 3. The number of halogens is 1. The Labute approximate surface area is 278 Å². The summed E-state index contributed by atoms with van der Waals surface area (Å²) in [5.41, 5.74) is 11.7. The Bertz CT molecular complexity index is 1590. The number of phenols is 2. The van der Waals surface area contributed by atoms with Gasteiger partial charge < -0.3 is 46.8 Å². The van der Waals surface area contributed by atoms with E-state index >= 15 is 0 Å². The third-order valence-corrected chi connectivity index (χ3v) is 9.15. The van der Waals surface area contributed by atoms with E-state index < -0.39 is 68.4 Å². The lowest BCUT2D eigenvalue weighted by atomic mass is 9.95. The van der Waals surface area contributed by atoms with Crippen LogP contribution in [0, 0.1) is 0 Å². The Hall–Kier alpha value is -4.57. The van der Waals surface area contributed by atoms with E-state index in [2.05, 4.69) is 20.9 Å². The molecule has 22 heteroatoms. The number of nitrogens with zero attached hydrogens (tertiary/aromatic N) is 4. The Morgan fingerprint density at radius 1 is 1.21 bits per heavy atom. The van der Waals surface area contributed by atoms with Gasteiger partial charge in [0.2, 0.25) is 5.60 Å². The molecule has 47 heavy (non-hydrogen) atoms. The van der Waals surface area contributed by atoms with E-state index in [-0.39, 0.29) is 62.1 Å². The monoisotopic (exact) mass is 716 g/mol. The number of anilines is 1. The molecule has 3 heterocycles. The van der Waals surface area contributed by atoms with Crippen LogP contribution in [0.2, 0.25) is 5.02 Å². The van der Waals surface area contributed by atoms with Crippen LogP contribution in [0.5, 0.6) is 11.5 Å². The van der Waals surface area contributed by atoms with E-state index in [1.807, 2.05) is 0 Å². The summed E-state index contributed by atoms with van der Waals surface area (Å²) in [7, 11) is 0. The van der Waals surface area contributed by atoms with Crippen LogP contribution < -0.4 is 22.2 Å². The highest BCUT2D eigenvalue weighted by molar-refractivity contribution is 8.01. The van der Waals surface area contributed by atoms with Crippen LogP contribution in [0.25, 0.3) is 0 Å². The Morgan fingerprint density at radius 3 is 2.53 bits per heavy atom. The van der Waals surface area contributed by atoms with E-state index in [1.165, 1.54) is 5.38 Å². The molecule has 0 radical (unpaired) electrons. The van der Waals surface area contributed by atoms with Gasteiger partial charge in [-0.25, -0.2) is 24.4 Å². The molecule has 4 rings (SSSR count). The summed E-state index contributed by atoms with van der Waals surface area (Å²) in [6.07, 6.45) is -0.0506. The molecular weight excluding hydrogens is 688 g/mol. The molecule has 0 aliphatic carbocycles. The first-order valence-electron chi connectivity index (χ1n) is 13.5. The summed E-state index contributed by atoms with van der Waals surface area (Å²) in [6, 6.07) is 1.26. The van der Waals surface area contributed by atoms with Crippen molar-refractivity contribution in [2.45, 2.75) is 29.2 Å². The van der Waals surface area contributed by atoms with Gasteiger partial charge in [0.25, 0.3) is 11.8 Å². The first kappa shape index (κ1) is 35.3. The number of thioether (sulfide) groups is 1. The number of oxime groups is 1. The average molecular weight is 717 g/mol. The lowest BCUT2D eigenvalue weighted by Gasteiger charge is -2.30. The number of phenolic OH excluding ortho intramolecular Hbond substituents is 2. The standard InChI is InChI=1S/C25H29ClN8O11S2/c26-15-11(1-2-13(35)17(15)36)18(37)31-34-6-5-33(24(34)43)20(21(39)40)47-14(27)9-29-19(38)16(12-10-46-23(28)30-12)32-45-25(22(41)42)3-7-44-8-4-25/h1-2,10,14,20,35-36H,3-9,27H2,(H2,28,30)(H,29,38)(H,31,37)(H,39,40)(H,41,42)/b32-16-/t14-,20?/m1/s1. The summed E-state index contributed by atoms with van der Waals surface area (Å²) in [6.45, 7) is -0.389. The van der Waals surface area contributed by atoms with E-state index in [1.54, 1.807) is 0 Å². The minimum Gasteiger partial charge on any atom is -0.504 e. The van der Waals surface area contributed by atoms with Crippen LogP contribution in [0.1, 0.15) is 28.9 Å². The smallest absolute Gasteiger partial charge is 0.351 e. The van der Waals surface area contributed by atoms with Crippen molar-refractivity contribution in [1.29, 1.82) is 0 Å². The second kappa shape index (κ2) is 14.9. The minimum atomic E-state index is -1.74. The summed E-state index contributed by atoms with van der Waals surface area (Å²) >= 11 is 7.53. The van der Waals surface area contributed by atoms with E-state index in [9.17, 15) is 44.4 Å². The maximum absolute atomic E-state index is 13.2. The molecule has 10 N–H and O–H groups in total. The summed E-state index contributed by atoms with van der Waals surface area (Å²) in [5.74, 6) is -5.81. The molecule has 2 fully saturated rings. The van der Waals surface area contributed by atoms with Crippen molar-refractivity contribution < 1.29 is 54.0 Å². The fourth-order valence-electron chi connectivity index (χ4n) is 4.32. The molecule has 0 bridgehead atoms. The van der Waals surface area contributed by atoms with Gasteiger partial charge in [-0.1, -0.05) is 16.8 Å². The number of carbonyl (C=O) groups is 5. The second-order valence-electron chi connectivity index (χ2n) is 9.95. The van der Waals surface area contributed by atoms with Crippen molar-refractivity contribution >= 4 is 75.3 Å². The fraction of sp³-hybridized carbons (Fsp3) is 0.400. The molecule has 2 atom stereocenters. The third-order valence-electron chi connectivity index (χ3n) is 6.86. The van der Waals surface area contributed by atoms with Crippen molar-refractivity contribution in [1.82, 2.24) is 25.6 Å². The molecule has 1 unspecified atom stereocenters. The van der Waals surface area contributed by atoms with E-state index in [0.29, 0.717) is 11.8 Å². The molecular formula is C25H29ClN8O11S2. The van der Waals surface area contributed by atoms with Crippen LogP contribution in [0.3, 0.4) is 0 Å². The zero-order valence-corrected chi connectivity index (χ0v) is 26.5. The molecule has 2 aliphatic heterocycles. The van der Waals surface area contributed by atoms with Gasteiger partial charge in [0.1, 0.15) is 5.69 Å². The highest BCUT2D eigenvalue weighted by Crippen LogP contribution is 2.35. The predicted molar refractivity (Wildman–Crippen MR) is 166 cm³/mol. The normalized spacial score (nSPS) is 17.6. The van der Waals surface area contributed by atoms with Gasteiger partial charge in [-0.3, -0.25) is 19.9 Å². The number of nitrogens with two attached hydrogens (primary N) is 2. The number of amides is 4. The van der Waals surface area contributed by atoms with Gasteiger partial charge in [0, 0.05) is 31.3 Å². The van der Waals surface area contributed by atoms with Gasteiger partial charge in [0.05, 0.1) is 35.7 Å². The zero-order valence-electron chi connectivity index (χ0n) is 24.1. The lowest BCUT2D eigenvalue weighted by molar-refractivity contribution is -0.178. The van der Waals surface area contributed by atoms with E-state index in [4.69, 9.17) is 32.6 Å². The van der Waals surface area contributed by atoms with Crippen molar-refractivity contribution in [3.05, 3.63) is 33.8 Å². The Morgan fingerprint density at radius 2 is 1.91 bits per heavy atom. The second-order valence-corrected chi connectivity index (χ2v) is 12.5. The highest BCUT2D eigenvalue weighted by atomic mass is 35.5. The first-order valence-corrected chi connectivity index (χ1v) is 15.7. The average Bonchev–Trinajstić information content (AvgIpc) is 3.62. The first-order chi connectivity index (χ1) is 22.2. The molecule has 2 saturated heterocycles. The number of rotatable bonds is 13. The number of hydrogen-bond donors (Lipinski definition) is 8. The van der Waals surface area contributed by atoms with Crippen molar-refractivity contribution in [3.8, 4) is 11.5 Å². The molecule has 1 aromatic carbocycles. The van der Waals surface area contributed by atoms with Crippen LogP contribution >= 0.6 is 34.7 Å². The number of ether oxygens (including phenoxy) is 1. The van der Waals surface area contributed by atoms with Crippen LogP contribution in [0.15, 0.2) is 22.7 Å². The van der Waals surface area contributed by atoms with Crippen molar-refractivity contribution in [2.75, 3.05) is 38.6 Å². The molecule has 1 aromatic heterocycles. The largest absolute Gasteiger partial charge is 0.504 e. The predicted octanol–water partition coefficient (Wildman–Crippen LogP) is -0.228. The molecule has 19 nitrogen and oxygen atoms in total. The van der Waals surface area contributed by atoms with Gasteiger partial charge in [0.15, 0.2) is 27.7 Å². The third kappa shape index (κ3) is 8.05. The minimum absolute atomic E-state index is 0.00385.